The highest BCUT2D eigenvalue weighted by Gasteiger charge is 2.40. The zero-order chi connectivity index (χ0) is 32.4. The zero-order valence-corrected chi connectivity index (χ0v) is 27.9. The van der Waals surface area contributed by atoms with Crippen LogP contribution in [0.15, 0.2) is 53.4 Å². The van der Waals surface area contributed by atoms with Crippen molar-refractivity contribution < 1.29 is 27.5 Å². The van der Waals surface area contributed by atoms with E-state index < -0.39 is 33.7 Å². The molecule has 45 heavy (non-hydrogen) atoms. The molecule has 2 heterocycles. The minimum Gasteiger partial charge on any atom is -0.487 e. The Hall–Kier alpha value is -3.28. The molecule has 10 nitrogen and oxygen atoms in total. The van der Waals surface area contributed by atoms with Crippen LogP contribution in [0.4, 0.5) is 10.5 Å². The smallest absolute Gasteiger partial charge is 0.409 e. The first-order chi connectivity index (χ1) is 21.3. The highest BCUT2D eigenvalue weighted by Crippen LogP contribution is 2.42. The van der Waals surface area contributed by atoms with Crippen molar-refractivity contribution in [2.45, 2.75) is 69.1 Å². The first-order valence-corrected chi connectivity index (χ1v) is 17.4. The largest absolute Gasteiger partial charge is 0.487 e. The van der Waals surface area contributed by atoms with E-state index in [4.69, 9.17) is 21.1 Å². The van der Waals surface area contributed by atoms with Crippen LogP contribution < -0.4 is 19.7 Å². The third-order valence-electron chi connectivity index (χ3n) is 8.99. The van der Waals surface area contributed by atoms with E-state index in [1.165, 1.54) is 11.0 Å². The number of anilines is 1. The van der Waals surface area contributed by atoms with Crippen LogP contribution in [0.5, 0.6) is 5.75 Å². The Morgan fingerprint density at radius 2 is 1.91 bits per heavy atom. The van der Waals surface area contributed by atoms with Gasteiger partial charge in [0.1, 0.15) is 18.5 Å². The van der Waals surface area contributed by atoms with Crippen molar-refractivity contribution in [2.24, 2.45) is 11.8 Å². The monoisotopic (exact) mass is 658 g/mol. The Bertz CT molecular complexity index is 1560. The van der Waals surface area contributed by atoms with Gasteiger partial charge in [-0.05, 0) is 99.4 Å². The summed E-state index contributed by atoms with van der Waals surface area (Å²) in [5.41, 5.74) is 1.61. The van der Waals surface area contributed by atoms with Gasteiger partial charge in [-0.15, -0.1) is 0 Å². The van der Waals surface area contributed by atoms with Crippen LogP contribution in [0.1, 0.15) is 50.7 Å². The number of nitrogens with one attached hydrogen (secondary N) is 2. The number of carbonyl (C=O) groups is 2. The maximum atomic E-state index is 13.5. The van der Waals surface area contributed by atoms with E-state index in [9.17, 15) is 18.0 Å². The van der Waals surface area contributed by atoms with Crippen molar-refractivity contribution in [3.63, 3.8) is 0 Å². The van der Waals surface area contributed by atoms with Gasteiger partial charge in [-0.3, -0.25) is 4.79 Å². The van der Waals surface area contributed by atoms with Crippen LogP contribution in [0.2, 0.25) is 5.02 Å². The summed E-state index contributed by atoms with van der Waals surface area (Å²) in [7, 11) is -0.870. The molecule has 2 aliphatic heterocycles. The fourth-order valence-electron chi connectivity index (χ4n) is 6.02. The first-order valence-electron chi connectivity index (χ1n) is 15.5. The van der Waals surface area contributed by atoms with Gasteiger partial charge in [-0.2, -0.15) is 0 Å². The summed E-state index contributed by atoms with van der Waals surface area (Å²) in [4.78, 5) is 29.4. The number of carbonyl (C=O) groups excluding carboxylic acids is 2. The van der Waals surface area contributed by atoms with Gasteiger partial charge in [-0.1, -0.05) is 23.7 Å². The first kappa shape index (κ1) is 33.1. The van der Waals surface area contributed by atoms with Crippen LogP contribution >= 0.6 is 11.6 Å². The van der Waals surface area contributed by atoms with Crippen molar-refractivity contribution in [1.82, 2.24) is 14.9 Å². The van der Waals surface area contributed by atoms with Crippen molar-refractivity contribution in [3.8, 4) is 5.75 Å². The van der Waals surface area contributed by atoms with Gasteiger partial charge in [0, 0.05) is 44.7 Å². The summed E-state index contributed by atoms with van der Waals surface area (Å²) in [6.07, 6.45) is 7.31. The minimum absolute atomic E-state index is 0.0176. The van der Waals surface area contributed by atoms with E-state index in [2.05, 4.69) is 14.9 Å². The Balaban J connectivity index is 1.56. The second kappa shape index (κ2) is 13.6. The number of hydrogen-bond donors (Lipinski definition) is 2. The standard InChI is InChI=1S/C33H43ClN4O6S/c1-33(2)31(39)36-45(41,42)26-13-15-30-28(19-26)38(17-6-5-8-22-18-25(34)12-10-24(22)21-43-30)20-23-11-14-27(23)29(9-7-16-35-33)44-32(40)37(3)4/h7,9-10,12-13,15,18-19,23,27,29,35H,5-6,8,11,14,16-17,20-21H2,1-4H3,(H,36,39)/b9-7+/t23-,27+,29-/m0/s1. The molecule has 0 aromatic heterocycles. The Labute approximate surface area is 271 Å². The molecule has 3 atom stereocenters. The van der Waals surface area contributed by atoms with Crippen LogP contribution in [-0.4, -0.2) is 70.7 Å². The summed E-state index contributed by atoms with van der Waals surface area (Å²) in [6, 6.07) is 10.6. The predicted octanol–water partition coefficient (Wildman–Crippen LogP) is 4.90. The van der Waals surface area contributed by atoms with E-state index in [1.807, 2.05) is 30.4 Å². The molecule has 12 heteroatoms. The Morgan fingerprint density at radius 3 is 2.64 bits per heavy atom. The van der Waals surface area contributed by atoms with Crippen molar-refractivity contribution in [1.29, 1.82) is 0 Å². The average molecular weight is 659 g/mol. The number of rotatable bonds is 1. The summed E-state index contributed by atoms with van der Waals surface area (Å²) in [5, 5.41) is 3.79. The van der Waals surface area contributed by atoms with Gasteiger partial charge >= 0.3 is 6.09 Å². The minimum atomic E-state index is -4.19. The maximum Gasteiger partial charge on any atom is 0.409 e. The van der Waals surface area contributed by atoms with E-state index >= 15 is 0 Å². The number of nitrogens with zero attached hydrogens (tertiary/aromatic N) is 2. The van der Waals surface area contributed by atoms with Crippen molar-refractivity contribution in [2.75, 3.05) is 38.6 Å². The average Bonchev–Trinajstić information content (AvgIpc) is 2.99. The van der Waals surface area contributed by atoms with Crippen LogP contribution in [0.3, 0.4) is 0 Å². The summed E-state index contributed by atoms with van der Waals surface area (Å²) in [6.45, 7) is 5.12. The molecule has 5 rings (SSSR count). The lowest BCUT2D eigenvalue weighted by atomic mass is 9.70. The molecule has 3 aliphatic rings. The third kappa shape index (κ3) is 7.76. The molecule has 2 aromatic rings. The predicted molar refractivity (Wildman–Crippen MR) is 174 cm³/mol. The molecule has 1 fully saturated rings. The molecular formula is C33H43ClN4O6S. The van der Waals surface area contributed by atoms with Crippen LogP contribution in [0.25, 0.3) is 0 Å². The lowest BCUT2D eigenvalue weighted by molar-refractivity contribution is -0.124. The summed E-state index contributed by atoms with van der Waals surface area (Å²) >= 11 is 6.32. The zero-order valence-electron chi connectivity index (χ0n) is 26.3. The van der Waals surface area contributed by atoms with Gasteiger partial charge in [0.05, 0.1) is 16.1 Å². The van der Waals surface area contributed by atoms with Crippen molar-refractivity contribution in [3.05, 3.63) is 64.7 Å². The van der Waals surface area contributed by atoms with E-state index in [-0.39, 0.29) is 23.3 Å². The number of halogens is 1. The normalized spacial score (nSPS) is 25.5. The number of benzene rings is 2. The lowest BCUT2D eigenvalue weighted by Crippen LogP contribution is -2.54. The molecular weight excluding hydrogens is 616 g/mol. The summed E-state index contributed by atoms with van der Waals surface area (Å²) in [5.74, 6) is 0.145. The molecule has 2 aromatic carbocycles. The fraction of sp³-hybridized carbons (Fsp3) is 0.515. The van der Waals surface area contributed by atoms with Crippen LogP contribution in [0, 0.1) is 11.8 Å². The van der Waals surface area contributed by atoms with Gasteiger partial charge in [-0.25, -0.2) is 17.9 Å². The van der Waals surface area contributed by atoms with Gasteiger partial charge in [0.25, 0.3) is 15.9 Å². The Morgan fingerprint density at radius 1 is 1.11 bits per heavy atom. The van der Waals surface area contributed by atoms with Crippen LogP contribution in [-0.2, 0) is 32.6 Å². The molecule has 1 saturated carbocycles. The highest BCUT2D eigenvalue weighted by atomic mass is 35.5. The van der Waals surface area contributed by atoms with Gasteiger partial charge < -0.3 is 24.6 Å². The van der Waals surface area contributed by atoms with E-state index in [0.29, 0.717) is 36.2 Å². The van der Waals surface area contributed by atoms with E-state index in [0.717, 1.165) is 43.2 Å². The number of amides is 2. The second-order valence-corrected chi connectivity index (χ2v) is 15.0. The van der Waals surface area contributed by atoms with Gasteiger partial charge in [0.2, 0.25) is 0 Å². The van der Waals surface area contributed by atoms with E-state index in [1.54, 1.807) is 40.1 Å². The lowest BCUT2D eigenvalue weighted by Gasteiger charge is -2.43. The third-order valence-corrected chi connectivity index (χ3v) is 10.6. The molecule has 0 saturated heterocycles. The fourth-order valence-corrected chi connectivity index (χ4v) is 7.34. The molecule has 1 aliphatic carbocycles. The maximum absolute atomic E-state index is 13.5. The number of ether oxygens (including phenoxy) is 2. The molecule has 244 valence electrons. The molecule has 0 unspecified atom stereocenters. The Kier molecular flexibility index (Phi) is 10.0. The van der Waals surface area contributed by atoms with Gasteiger partial charge in [0.15, 0.2) is 0 Å². The number of sulfonamides is 1. The molecule has 2 N–H and O–H groups in total. The quantitative estimate of drug-likeness (QED) is 0.416. The highest BCUT2D eigenvalue weighted by molar-refractivity contribution is 7.90. The number of hydrogen-bond acceptors (Lipinski definition) is 8. The molecule has 0 radical (unpaired) electrons. The second-order valence-electron chi connectivity index (χ2n) is 12.8. The molecule has 2 bridgehead atoms. The number of aryl methyl sites for hydroxylation is 1. The number of fused-ring (bicyclic) bond motifs is 3. The van der Waals surface area contributed by atoms with Crippen molar-refractivity contribution >= 4 is 39.3 Å². The molecule has 0 spiro atoms. The topological polar surface area (TPSA) is 117 Å². The summed E-state index contributed by atoms with van der Waals surface area (Å²) < 4.78 is 41.7. The SMILES string of the molecule is CN(C)C(=O)O[C@H]1/C=C/CNC(C)(C)C(=O)NS(=O)(=O)c2ccc3c(c2)N(CCCCc2cc(Cl)ccc2CO3)C[C@@H]2CC[C@H]21. The molecule has 2 amide bonds.